The Balaban J connectivity index is 2.60. The second-order valence-electron chi connectivity index (χ2n) is 5.21. The molecule has 0 fully saturated rings. The van der Waals surface area contributed by atoms with E-state index in [-0.39, 0.29) is 22.5 Å². The highest BCUT2D eigenvalue weighted by Crippen LogP contribution is 2.27. The molecule has 2 aromatic rings. The third-order valence-electron chi connectivity index (χ3n) is 3.17. The predicted molar refractivity (Wildman–Crippen MR) is 88.9 cm³/mol. The molecule has 0 amide bonds. The molecule has 1 aromatic heterocycles. The summed E-state index contributed by atoms with van der Waals surface area (Å²) in [6.45, 7) is 0. The van der Waals surface area contributed by atoms with Gasteiger partial charge in [0.15, 0.2) is 0 Å². The van der Waals surface area contributed by atoms with Crippen LogP contribution in [0.1, 0.15) is 5.69 Å². The van der Waals surface area contributed by atoms with Crippen LogP contribution >= 0.6 is 11.6 Å². The van der Waals surface area contributed by atoms with Gasteiger partial charge in [-0.2, -0.15) is 25.9 Å². The minimum Gasteiger partial charge on any atom is -0.303 e. The van der Waals surface area contributed by atoms with Gasteiger partial charge < -0.3 is 4.98 Å². The molecular formula is C13H12ClF3N4O4S. The molecule has 8 nitrogen and oxygen atoms in total. The Bertz CT molecular complexity index is 1030. The van der Waals surface area contributed by atoms with E-state index in [9.17, 15) is 31.2 Å². The van der Waals surface area contributed by atoms with Crippen molar-refractivity contribution in [1.29, 1.82) is 0 Å². The molecule has 2 N–H and O–H groups in total. The van der Waals surface area contributed by atoms with Crippen LogP contribution in [-0.4, -0.2) is 36.4 Å². The summed E-state index contributed by atoms with van der Waals surface area (Å²) in [5.74, 6) is 0. The number of halogens is 4. The third kappa shape index (κ3) is 4.08. The van der Waals surface area contributed by atoms with Crippen LogP contribution in [0.2, 0.25) is 5.02 Å². The van der Waals surface area contributed by atoms with Crippen LogP contribution in [0.25, 0.3) is 5.69 Å². The first-order chi connectivity index (χ1) is 11.8. The molecule has 0 aliphatic heterocycles. The van der Waals surface area contributed by atoms with E-state index in [0.717, 1.165) is 10.4 Å². The summed E-state index contributed by atoms with van der Waals surface area (Å²) in [5, 5.41) is -0.0458. The molecule has 0 bridgehead atoms. The van der Waals surface area contributed by atoms with Crippen LogP contribution in [0, 0.1) is 0 Å². The number of hydrogen-bond acceptors (Lipinski definition) is 4. The van der Waals surface area contributed by atoms with Crippen molar-refractivity contribution >= 4 is 27.5 Å². The van der Waals surface area contributed by atoms with Gasteiger partial charge in [0.05, 0.1) is 16.4 Å². The summed E-state index contributed by atoms with van der Waals surface area (Å²) in [4.78, 5) is 25.4. The molecule has 1 heterocycles. The molecule has 1 aromatic carbocycles. The van der Waals surface area contributed by atoms with E-state index in [4.69, 9.17) is 11.6 Å². The topological polar surface area (TPSA) is 104 Å². The second kappa shape index (κ2) is 6.78. The molecule has 0 atom stereocenters. The number of nitrogens with zero attached hydrogens (tertiary/aromatic N) is 2. The van der Waals surface area contributed by atoms with Gasteiger partial charge in [0.25, 0.3) is 5.56 Å². The van der Waals surface area contributed by atoms with Crippen molar-refractivity contribution < 1.29 is 21.6 Å². The standard InChI is InChI=1S/C13H12ClF3N4O4S/c1-20(2)26(24,25)19-9-5-7(3-4-8(9)14)21-11(22)6-10(13(15,16)17)18-12(21)23/h3-6,19H,1-2H3,(H,18,23). The van der Waals surface area contributed by atoms with Crippen molar-refractivity contribution in [3.05, 3.63) is 55.8 Å². The van der Waals surface area contributed by atoms with Gasteiger partial charge in [-0.05, 0) is 18.2 Å². The summed E-state index contributed by atoms with van der Waals surface area (Å²) < 4.78 is 65.1. The normalized spacial score (nSPS) is 12.4. The molecule has 0 spiro atoms. The van der Waals surface area contributed by atoms with Crippen molar-refractivity contribution in [3.8, 4) is 5.69 Å². The summed E-state index contributed by atoms with van der Waals surface area (Å²) >= 11 is 5.89. The molecule has 0 aliphatic carbocycles. The minimum atomic E-state index is -4.90. The Morgan fingerprint density at radius 3 is 2.31 bits per heavy atom. The van der Waals surface area contributed by atoms with Crippen molar-refractivity contribution in [3.63, 3.8) is 0 Å². The summed E-state index contributed by atoms with van der Waals surface area (Å²) in [6.07, 6.45) is -4.90. The van der Waals surface area contributed by atoms with Gasteiger partial charge in [-0.25, -0.2) is 9.36 Å². The van der Waals surface area contributed by atoms with Crippen LogP contribution in [0.4, 0.5) is 18.9 Å². The largest absolute Gasteiger partial charge is 0.431 e. The number of benzene rings is 1. The Morgan fingerprint density at radius 1 is 1.19 bits per heavy atom. The number of alkyl halides is 3. The average Bonchev–Trinajstić information content (AvgIpc) is 2.48. The fraction of sp³-hybridized carbons (Fsp3) is 0.231. The SMILES string of the molecule is CN(C)S(=O)(=O)Nc1cc(-n2c(=O)cc(C(F)(F)F)[nH]c2=O)ccc1Cl. The van der Waals surface area contributed by atoms with Crippen LogP contribution in [-0.2, 0) is 16.4 Å². The number of aromatic amines is 1. The molecule has 2 rings (SSSR count). The Labute approximate surface area is 150 Å². The van der Waals surface area contributed by atoms with Crippen LogP contribution in [0.15, 0.2) is 33.9 Å². The molecule has 26 heavy (non-hydrogen) atoms. The number of nitrogens with one attached hydrogen (secondary N) is 2. The maximum Gasteiger partial charge on any atom is 0.431 e. The van der Waals surface area contributed by atoms with E-state index >= 15 is 0 Å². The van der Waals surface area contributed by atoms with E-state index in [1.807, 2.05) is 0 Å². The van der Waals surface area contributed by atoms with Gasteiger partial charge in [0.1, 0.15) is 5.69 Å². The lowest BCUT2D eigenvalue weighted by Crippen LogP contribution is -2.36. The molecule has 142 valence electrons. The zero-order valence-corrected chi connectivity index (χ0v) is 14.8. The van der Waals surface area contributed by atoms with E-state index in [1.54, 1.807) is 4.98 Å². The fourth-order valence-electron chi connectivity index (χ4n) is 1.85. The lowest BCUT2D eigenvalue weighted by atomic mass is 10.2. The first-order valence-electron chi connectivity index (χ1n) is 6.76. The summed E-state index contributed by atoms with van der Waals surface area (Å²) in [6, 6.07) is 3.64. The monoisotopic (exact) mass is 412 g/mol. The van der Waals surface area contributed by atoms with Crippen molar-refractivity contribution in [2.24, 2.45) is 0 Å². The second-order valence-corrected chi connectivity index (χ2v) is 7.50. The summed E-state index contributed by atoms with van der Waals surface area (Å²) in [5.41, 5.74) is -4.42. The highest BCUT2D eigenvalue weighted by molar-refractivity contribution is 7.90. The number of aromatic nitrogens is 2. The third-order valence-corrected chi connectivity index (χ3v) is 4.93. The zero-order valence-electron chi connectivity index (χ0n) is 13.3. The Hall–Kier alpha value is -2.31. The molecule has 0 unspecified atom stereocenters. The Kier molecular flexibility index (Phi) is 5.21. The van der Waals surface area contributed by atoms with Gasteiger partial charge in [0, 0.05) is 20.2 Å². The van der Waals surface area contributed by atoms with E-state index in [2.05, 4.69) is 4.72 Å². The van der Waals surface area contributed by atoms with Crippen molar-refractivity contribution in [1.82, 2.24) is 13.9 Å². The molecule has 0 saturated heterocycles. The quantitative estimate of drug-likeness (QED) is 0.792. The van der Waals surface area contributed by atoms with Crippen molar-refractivity contribution in [2.45, 2.75) is 6.18 Å². The van der Waals surface area contributed by atoms with E-state index in [0.29, 0.717) is 4.57 Å². The lowest BCUT2D eigenvalue weighted by Gasteiger charge is -2.15. The fourth-order valence-corrected chi connectivity index (χ4v) is 2.70. The smallest absolute Gasteiger partial charge is 0.303 e. The number of H-pyrrole nitrogens is 1. The van der Waals surface area contributed by atoms with Crippen LogP contribution in [0.5, 0.6) is 0 Å². The highest BCUT2D eigenvalue weighted by Gasteiger charge is 2.33. The zero-order chi connectivity index (χ0) is 19.9. The first-order valence-corrected chi connectivity index (χ1v) is 8.58. The van der Waals surface area contributed by atoms with Gasteiger partial charge in [-0.15, -0.1) is 0 Å². The Morgan fingerprint density at radius 2 is 1.81 bits per heavy atom. The van der Waals surface area contributed by atoms with Crippen molar-refractivity contribution in [2.75, 3.05) is 18.8 Å². The number of hydrogen-bond donors (Lipinski definition) is 2. The summed E-state index contributed by atoms with van der Waals surface area (Å²) in [7, 11) is -1.43. The van der Waals surface area contributed by atoms with Crippen LogP contribution < -0.4 is 16.0 Å². The van der Waals surface area contributed by atoms with E-state index in [1.165, 1.54) is 26.2 Å². The molecule has 13 heteroatoms. The highest BCUT2D eigenvalue weighted by atomic mass is 35.5. The lowest BCUT2D eigenvalue weighted by molar-refractivity contribution is -0.141. The molecule has 0 aliphatic rings. The number of anilines is 1. The van der Waals surface area contributed by atoms with Crippen LogP contribution in [0.3, 0.4) is 0 Å². The molecule has 0 radical (unpaired) electrons. The predicted octanol–water partition coefficient (Wildman–Crippen LogP) is 1.42. The van der Waals surface area contributed by atoms with Gasteiger partial charge in [0.2, 0.25) is 0 Å². The van der Waals surface area contributed by atoms with Gasteiger partial charge in [-0.3, -0.25) is 9.52 Å². The minimum absolute atomic E-state index is 0.0458. The number of rotatable bonds is 4. The maximum absolute atomic E-state index is 12.6. The average molecular weight is 413 g/mol. The van der Waals surface area contributed by atoms with Gasteiger partial charge >= 0.3 is 22.1 Å². The maximum atomic E-state index is 12.6. The van der Waals surface area contributed by atoms with E-state index < -0.39 is 33.3 Å². The molecular weight excluding hydrogens is 401 g/mol. The van der Waals surface area contributed by atoms with Gasteiger partial charge in [-0.1, -0.05) is 11.6 Å². The molecule has 0 saturated carbocycles. The first kappa shape index (κ1) is 20.0.